The maximum atomic E-state index is 6.02. The number of aromatic nitrogens is 2. The Kier molecular flexibility index (Phi) is 4.33. The Balaban J connectivity index is 2.25. The lowest BCUT2D eigenvalue weighted by molar-refractivity contribution is 0.538. The molecular formula is C16H21N3S. The van der Waals surface area contributed by atoms with E-state index in [1.54, 1.807) is 11.8 Å². The minimum Gasteiger partial charge on any atom is -0.383 e. The zero-order valence-electron chi connectivity index (χ0n) is 12.5. The molecule has 0 radical (unpaired) electrons. The van der Waals surface area contributed by atoms with E-state index < -0.39 is 0 Å². The van der Waals surface area contributed by atoms with Crippen molar-refractivity contribution in [1.29, 1.82) is 0 Å². The van der Waals surface area contributed by atoms with E-state index >= 15 is 0 Å². The fraction of sp³-hybridized carbons (Fsp3) is 0.375. The molecule has 0 saturated carbocycles. The molecule has 2 aromatic rings. The topological polar surface area (TPSA) is 51.8 Å². The molecule has 0 aliphatic carbocycles. The van der Waals surface area contributed by atoms with Gasteiger partial charge in [-0.1, -0.05) is 51.1 Å². The quantitative estimate of drug-likeness (QED) is 0.686. The van der Waals surface area contributed by atoms with Crippen LogP contribution in [-0.2, 0) is 11.2 Å². The third-order valence-corrected chi connectivity index (χ3v) is 4.18. The molecule has 0 aliphatic heterocycles. The number of hydrogen-bond donors (Lipinski definition) is 1. The van der Waals surface area contributed by atoms with Gasteiger partial charge in [-0.05, 0) is 12.5 Å². The highest BCUT2D eigenvalue weighted by Gasteiger charge is 2.20. The molecule has 106 valence electrons. The molecule has 0 saturated heterocycles. The van der Waals surface area contributed by atoms with E-state index in [4.69, 9.17) is 10.7 Å². The summed E-state index contributed by atoms with van der Waals surface area (Å²) in [4.78, 5) is 9.10. The van der Waals surface area contributed by atoms with Crippen LogP contribution >= 0.6 is 11.8 Å². The van der Waals surface area contributed by atoms with Gasteiger partial charge in [-0.2, -0.15) is 0 Å². The summed E-state index contributed by atoms with van der Waals surface area (Å²) < 4.78 is 0. The number of nitrogen functional groups attached to an aromatic ring is 1. The Labute approximate surface area is 125 Å². The SMILES string of the molecule is Cc1c(N)nc(C(C)(C)C)nc1SCc1ccccc1. The molecular weight excluding hydrogens is 266 g/mol. The summed E-state index contributed by atoms with van der Waals surface area (Å²) in [5.41, 5.74) is 8.18. The van der Waals surface area contributed by atoms with E-state index in [2.05, 4.69) is 50.0 Å². The number of thioether (sulfide) groups is 1. The van der Waals surface area contributed by atoms with E-state index in [9.17, 15) is 0 Å². The van der Waals surface area contributed by atoms with Crippen LogP contribution in [0.1, 0.15) is 37.7 Å². The predicted octanol–water partition coefficient (Wildman–Crippen LogP) is 3.96. The van der Waals surface area contributed by atoms with E-state index in [-0.39, 0.29) is 5.41 Å². The van der Waals surface area contributed by atoms with Gasteiger partial charge in [0.05, 0.1) is 0 Å². The highest BCUT2D eigenvalue weighted by atomic mass is 32.2. The van der Waals surface area contributed by atoms with Crippen molar-refractivity contribution >= 4 is 17.6 Å². The van der Waals surface area contributed by atoms with Crippen molar-refractivity contribution in [2.24, 2.45) is 0 Å². The van der Waals surface area contributed by atoms with Crippen LogP contribution in [0.15, 0.2) is 35.4 Å². The number of nitrogens with two attached hydrogens (primary N) is 1. The molecule has 0 unspecified atom stereocenters. The van der Waals surface area contributed by atoms with Crippen molar-refractivity contribution < 1.29 is 0 Å². The molecule has 0 aliphatic rings. The van der Waals surface area contributed by atoms with Gasteiger partial charge in [0.2, 0.25) is 0 Å². The van der Waals surface area contributed by atoms with Gasteiger partial charge in [-0.3, -0.25) is 0 Å². The van der Waals surface area contributed by atoms with Gasteiger partial charge in [-0.15, -0.1) is 11.8 Å². The highest BCUT2D eigenvalue weighted by Crippen LogP contribution is 2.29. The molecule has 4 heteroatoms. The first-order chi connectivity index (χ1) is 9.38. The number of hydrogen-bond acceptors (Lipinski definition) is 4. The van der Waals surface area contributed by atoms with Crippen molar-refractivity contribution in [1.82, 2.24) is 9.97 Å². The monoisotopic (exact) mass is 287 g/mol. The Morgan fingerprint density at radius 1 is 1.10 bits per heavy atom. The van der Waals surface area contributed by atoms with Crippen LogP contribution in [0.5, 0.6) is 0 Å². The second-order valence-corrected chi connectivity index (χ2v) is 6.85. The van der Waals surface area contributed by atoms with Crippen molar-refractivity contribution in [2.75, 3.05) is 5.73 Å². The average molecular weight is 287 g/mol. The average Bonchev–Trinajstić information content (AvgIpc) is 2.40. The summed E-state index contributed by atoms with van der Waals surface area (Å²) in [6, 6.07) is 10.4. The van der Waals surface area contributed by atoms with Crippen molar-refractivity contribution in [3.63, 3.8) is 0 Å². The molecule has 0 fully saturated rings. The minimum absolute atomic E-state index is 0.0934. The van der Waals surface area contributed by atoms with Gasteiger partial charge in [0.25, 0.3) is 0 Å². The Bertz CT molecular complexity index is 589. The van der Waals surface area contributed by atoms with Crippen LogP contribution in [0.4, 0.5) is 5.82 Å². The molecule has 3 nitrogen and oxygen atoms in total. The molecule has 2 N–H and O–H groups in total. The van der Waals surface area contributed by atoms with Gasteiger partial charge < -0.3 is 5.73 Å². The van der Waals surface area contributed by atoms with Crippen LogP contribution in [0, 0.1) is 6.92 Å². The lowest BCUT2D eigenvalue weighted by Gasteiger charge is -2.19. The second-order valence-electron chi connectivity index (χ2n) is 5.89. The van der Waals surface area contributed by atoms with Gasteiger partial charge >= 0.3 is 0 Å². The molecule has 0 amide bonds. The number of anilines is 1. The number of nitrogens with zero attached hydrogens (tertiary/aromatic N) is 2. The van der Waals surface area contributed by atoms with Crippen LogP contribution in [0.25, 0.3) is 0 Å². The van der Waals surface area contributed by atoms with E-state index in [0.717, 1.165) is 22.2 Å². The molecule has 1 heterocycles. The number of benzene rings is 1. The summed E-state index contributed by atoms with van der Waals surface area (Å²) in [7, 11) is 0. The van der Waals surface area contributed by atoms with Gasteiger partial charge in [0, 0.05) is 16.7 Å². The summed E-state index contributed by atoms with van der Waals surface area (Å²) >= 11 is 1.71. The maximum absolute atomic E-state index is 6.02. The fourth-order valence-corrected chi connectivity index (χ4v) is 2.68. The van der Waals surface area contributed by atoms with Crippen LogP contribution in [-0.4, -0.2) is 9.97 Å². The molecule has 1 aromatic carbocycles. The van der Waals surface area contributed by atoms with Gasteiger partial charge in [0.15, 0.2) is 0 Å². The second kappa shape index (κ2) is 5.83. The molecule has 20 heavy (non-hydrogen) atoms. The molecule has 0 bridgehead atoms. The van der Waals surface area contributed by atoms with Gasteiger partial charge in [0.1, 0.15) is 16.7 Å². The smallest absolute Gasteiger partial charge is 0.137 e. The number of rotatable bonds is 3. The lowest BCUT2D eigenvalue weighted by atomic mass is 9.95. The van der Waals surface area contributed by atoms with Crippen LogP contribution in [0.3, 0.4) is 0 Å². The summed E-state index contributed by atoms with van der Waals surface area (Å²) in [6.07, 6.45) is 0. The van der Waals surface area contributed by atoms with E-state index in [1.807, 2.05) is 13.0 Å². The zero-order valence-corrected chi connectivity index (χ0v) is 13.3. The molecule has 2 rings (SSSR count). The zero-order chi connectivity index (χ0) is 14.8. The minimum atomic E-state index is -0.0934. The normalized spacial score (nSPS) is 11.6. The van der Waals surface area contributed by atoms with E-state index in [1.165, 1.54) is 5.56 Å². The first-order valence-electron chi connectivity index (χ1n) is 6.69. The Hall–Kier alpha value is -1.55. The third-order valence-electron chi connectivity index (χ3n) is 3.03. The van der Waals surface area contributed by atoms with Gasteiger partial charge in [-0.25, -0.2) is 9.97 Å². The lowest BCUT2D eigenvalue weighted by Crippen LogP contribution is -2.18. The molecule has 0 spiro atoms. The van der Waals surface area contributed by atoms with E-state index in [0.29, 0.717) is 5.82 Å². The molecule has 1 aromatic heterocycles. The van der Waals surface area contributed by atoms with Crippen molar-refractivity contribution in [2.45, 2.75) is 43.9 Å². The largest absolute Gasteiger partial charge is 0.383 e. The van der Waals surface area contributed by atoms with Crippen molar-refractivity contribution in [3.05, 3.63) is 47.3 Å². The predicted molar refractivity (Wildman–Crippen MR) is 85.9 cm³/mol. The standard InChI is InChI=1S/C16H21N3S/c1-11-13(17)18-15(16(2,3)4)19-14(11)20-10-12-8-6-5-7-9-12/h5-9H,10H2,1-4H3,(H2,17,18,19). The first kappa shape index (κ1) is 14.9. The first-order valence-corrected chi connectivity index (χ1v) is 7.68. The maximum Gasteiger partial charge on any atom is 0.137 e. The Morgan fingerprint density at radius 3 is 2.35 bits per heavy atom. The summed E-state index contributed by atoms with van der Waals surface area (Å²) in [6.45, 7) is 8.28. The summed E-state index contributed by atoms with van der Waals surface area (Å²) in [5.74, 6) is 2.28. The highest BCUT2D eigenvalue weighted by molar-refractivity contribution is 7.98. The van der Waals surface area contributed by atoms with Crippen LogP contribution < -0.4 is 5.73 Å². The fourth-order valence-electron chi connectivity index (χ4n) is 1.71. The van der Waals surface area contributed by atoms with Crippen LogP contribution in [0.2, 0.25) is 0 Å². The summed E-state index contributed by atoms with van der Waals surface area (Å²) in [5, 5.41) is 0.978. The van der Waals surface area contributed by atoms with Crippen molar-refractivity contribution in [3.8, 4) is 0 Å². The molecule has 0 atom stereocenters. The Morgan fingerprint density at radius 2 is 1.75 bits per heavy atom. The third kappa shape index (κ3) is 3.51.